The lowest BCUT2D eigenvalue weighted by atomic mass is 9.77. The van der Waals surface area contributed by atoms with Crippen LogP contribution in [-0.4, -0.2) is 202 Å². The van der Waals surface area contributed by atoms with Gasteiger partial charge in [0.2, 0.25) is 0 Å². The average molecular weight is 1090 g/mol. The van der Waals surface area contributed by atoms with Gasteiger partial charge in [0, 0.05) is 57.2 Å². The van der Waals surface area contributed by atoms with Crippen LogP contribution in [0.15, 0.2) is 36.7 Å². The van der Waals surface area contributed by atoms with Gasteiger partial charge in [-0.1, -0.05) is 57.2 Å². The zero-order chi connectivity index (χ0) is 57.1. The quantitative estimate of drug-likeness (QED) is 0.110. The van der Waals surface area contributed by atoms with Crippen LogP contribution in [0.4, 0.5) is 4.39 Å². The van der Waals surface area contributed by atoms with Crippen molar-refractivity contribution in [3.8, 4) is 5.69 Å². The van der Waals surface area contributed by atoms with Crippen molar-refractivity contribution < 1.29 is 68.2 Å². The minimum Gasteiger partial charge on any atom is -0.459 e. The number of methoxy groups -OCH3 is 1. The smallest absolute Gasteiger partial charge is 0.311 e. The minimum absolute atomic E-state index is 0.171. The monoisotopic (exact) mass is 1090 g/mol. The van der Waals surface area contributed by atoms with Crippen molar-refractivity contribution in [3.63, 3.8) is 0 Å². The summed E-state index contributed by atoms with van der Waals surface area (Å²) in [5.74, 6) is -2.79. The Morgan fingerprint density at radius 3 is 2.21 bits per heavy atom. The second kappa shape index (κ2) is 25.9. The molecule has 3 fully saturated rings. The number of hydrogen-bond donors (Lipinski definition) is 6. The summed E-state index contributed by atoms with van der Waals surface area (Å²) in [7, 11) is 5.22. The average Bonchev–Trinajstić information content (AvgIpc) is 4.07. The lowest BCUT2D eigenvalue weighted by Crippen LogP contribution is -2.60. The van der Waals surface area contributed by atoms with E-state index in [1.165, 1.54) is 18.7 Å². The summed E-state index contributed by atoms with van der Waals surface area (Å²) in [6, 6.07) is 5.32. The summed E-state index contributed by atoms with van der Waals surface area (Å²) in [5, 5.41) is 86.5. The highest BCUT2D eigenvalue weighted by Crippen LogP contribution is 2.42. The fourth-order valence-electron chi connectivity index (χ4n) is 12.0. The number of esters is 1. The molecule has 21 nitrogen and oxygen atoms in total. The van der Waals surface area contributed by atoms with Gasteiger partial charge in [0.15, 0.2) is 12.6 Å². The number of ether oxygens (including phenoxy) is 6. The highest BCUT2D eigenvalue weighted by atomic mass is 19.1. The van der Waals surface area contributed by atoms with E-state index in [9.17, 15) is 39.8 Å². The van der Waals surface area contributed by atoms with Crippen molar-refractivity contribution in [1.29, 1.82) is 0 Å². The first-order valence-electron chi connectivity index (χ1n) is 27.5. The molecule has 6 N–H and O–H groups in total. The summed E-state index contributed by atoms with van der Waals surface area (Å²) >= 11 is 0. The normalized spacial score (nSPS) is 37.4. The number of cyclic esters (lactones) is 1. The van der Waals surface area contributed by atoms with Crippen LogP contribution >= 0.6 is 0 Å². The van der Waals surface area contributed by atoms with Gasteiger partial charge in [0.25, 0.3) is 0 Å². The molecule has 3 saturated heterocycles. The van der Waals surface area contributed by atoms with Crippen LogP contribution < -0.4 is 0 Å². The Bertz CT molecular complexity index is 2320. The van der Waals surface area contributed by atoms with Crippen LogP contribution in [0.1, 0.15) is 144 Å². The summed E-state index contributed by atoms with van der Waals surface area (Å²) in [4.78, 5) is 18.4. The fraction of sp³-hybridized carbons (Fsp3) is 0.800. The highest BCUT2D eigenvalue weighted by molar-refractivity contribution is 5.73. The zero-order valence-electron chi connectivity index (χ0n) is 48.0. The Hall–Kier alpha value is -3.62. The van der Waals surface area contributed by atoms with Gasteiger partial charge < -0.3 is 68.9 Å². The number of alkyl halides is 1. The van der Waals surface area contributed by atoms with Gasteiger partial charge in [-0.15, -0.1) is 10.2 Å². The molecule has 0 spiro atoms. The predicted octanol–water partition coefficient (Wildman–Crippen LogP) is 4.26. The number of likely N-dealkylation sites (N-methyl/N-ethyl adjacent to an activating group) is 2. The first-order chi connectivity index (χ1) is 36.0. The van der Waals surface area contributed by atoms with Crippen LogP contribution in [0.3, 0.4) is 0 Å². The van der Waals surface area contributed by atoms with E-state index < -0.39 is 133 Å². The lowest BCUT2D eigenvalue weighted by Gasteiger charge is -2.49. The molecule has 1 unspecified atom stereocenters. The van der Waals surface area contributed by atoms with Crippen LogP contribution in [0, 0.1) is 23.2 Å². The number of hydrogen-bond acceptors (Lipinski definition) is 19. The van der Waals surface area contributed by atoms with E-state index in [-0.39, 0.29) is 25.2 Å². The first kappa shape index (κ1) is 62.6. The van der Waals surface area contributed by atoms with Crippen molar-refractivity contribution in [2.75, 3.05) is 41.0 Å². The van der Waals surface area contributed by atoms with Crippen molar-refractivity contribution in [1.82, 2.24) is 39.8 Å². The van der Waals surface area contributed by atoms with E-state index in [2.05, 4.69) is 20.6 Å². The number of aliphatic hydroxyl groups is 6. The van der Waals surface area contributed by atoms with Gasteiger partial charge in [-0.2, -0.15) is 0 Å². The Labute approximate surface area is 454 Å². The number of aliphatic hydroxyl groups excluding tert-OH is 4. The summed E-state index contributed by atoms with van der Waals surface area (Å²) in [5.41, 5.74) is -1.70. The molecule has 0 bridgehead atoms. The lowest BCUT2D eigenvalue weighted by molar-refractivity contribution is -0.312. The highest BCUT2D eigenvalue weighted by Gasteiger charge is 2.52. The molecule has 0 saturated carbocycles. The van der Waals surface area contributed by atoms with Gasteiger partial charge in [-0.3, -0.25) is 4.79 Å². The molecule has 436 valence electrons. The van der Waals surface area contributed by atoms with Crippen LogP contribution in [0.25, 0.3) is 5.69 Å². The minimum atomic E-state index is -1.84. The number of rotatable bonds is 16. The van der Waals surface area contributed by atoms with Gasteiger partial charge in [-0.25, -0.2) is 13.8 Å². The maximum absolute atomic E-state index is 15.0. The van der Waals surface area contributed by atoms with Crippen molar-refractivity contribution in [2.45, 2.75) is 218 Å². The van der Waals surface area contributed by atoms with Crippen LogP contribution in [0.5, 0.6) is 0 Å². The van der Waals surface area contributed by atoms with Gasteiger partial charge >= 0.3 is 5.97 Å². The van der Waals surface area contributed by atoms with E-state index in [1.54, 1.807) is 58.6 Å². The SMILES string of the molecule is CC[C@H]1OC(=O)[C@H](C)[C@@H](O[C@H]2CC(C)(C)[C@@H](O)[C@H](C)O2)[C@H](C)[C@@H](O[C@@H]2O[C@H](C)C[C@H](N(C)CCc3cn([C@H](CF)[C@H](OC)c4ccc(-n5cc(C(C)O)nn5)cc4)nn3)[C@H]2O)[C@](C)(O)C[C@@H](C)CN(C)[C@H](C)[C@@H](O)[C@]1(C)O. The summed E-state index contributed by atoms with van der Waals surface area (Å²) in [6.07, 6.45) is -6.51. The number of carbonyl (C=O) groups is 1. The van der Waals surface area contributed by atoms with Crippen LogP contribution in [-0.2, 0) is 39.6 Å². The molecule has 0 amide bonds. The third-order valence-electron chi connectivity index (χ3n) is 16.7. The van der Waals surface area contributed by atoms with Gasteiger partial charge in [-0.05, 0) is 111 Å². The molecule has 3 aliphatic rings. The molecule has 3 aromatic rings. The second-order valence-corrected chi connectivity index (χ2v) is 23.8. The van der Waals surface area contributed by atoms with Gasteiger partial charge in [0.1, 0.15) is 48.4 Å². The van der Waals surface area contributed by atoms with Crippen LogP contribution in [0.2, 0.25) is 0 Å². The molecular weight excluding hydrogens is 1000 g/mol. The second-order valence-electron chi connectivity index (χ2n) is 23.8. The first-order valence-corrected chi connectivity index (χ1v) is 27.5. The molecule has 77 heavy (non-hydrogen) atoms. The maximum atomic E-state index is 15.0. The third-order valence-corrected chi connectivity index (χ3v) is 16.7. The fourth-order valence-corrected chi connectivity index (χ4v) is 12.0. The molecule has 22 heteroatoms. The van der Waals surface area contributed by atoms with E-state index in [0.29, 0.717) is 48.6 Å². The standard InChI is InChI=1S/C55H91FN8O13/c1-16-43-55(12,71)48(67)34(6)62(14)27-30(2)24-54(11,70)50(32(4)46(33(5)51(69)75-43)76-44-25-53(9,10)49(68)36(8)74-44)77-52-45(66)41(23-31(3)73-52)61(13)22-21-38-28-64(59-57-38)42(26-56)47(72-15)37-17-19-39(20-18-37)63-29-40(35(7)65)58-60-63/h17-20,28-36,41-50,52,65-68,70-71H,16,21-27H2,1-15H3/t30-,31-,32+,33-,34-,35?,36+,41+,42-,43-,44+,45-,46+,47-,48-,49+,50-,52+,54-,55-/m1/s1. The van der Waals surface area contributed by atoms with Crippen molar-refractivity contribution in [2.24, 2.45) is 23.2 Å². The molecule has 1 aromatic carbocycles. The summed E-state index contributed by atoms with van der Waals surface area (Å²) in [6.45, 7) is 21.3. The number of carbonyl (C=O) groups excluding carboxylic acids is 1. The molecule has 0 aliphatic carbocycles. The van der Waals surface area contributed by atoms with Crippen molar-refractivity contribution >= 4 is 5.97 Å². The predicted molar refractivity (Wildman–Crippen MR) is 282 cm³/mol. The Morgan fingerprint density at radius 1 is 0.935 bits per heavy atom. The molecule has 2 aromatic heterocycles. The molecule has 3 aliphatic heterocycles. The molecule has 5 heterocycles. The molecule has 6 rings (SSSR count). The number of nitrogens with zero attached hydrogens (tertiary/aromatic N) is 8. The number of halogens is 1. The number of aromatic nitrogens is 6. The Kier molecular flexibility index (Phi) is 21.0. The van der Waals surface area contributed by atoms with Crippen molar-refractivity contribution in [3.05, 3.63) is 53.6 Å². The third kappa shape index (κ3) is 14.5. The van der Waals surface area contributed by atoms with Gasteiger partial charge in [0.05, 0.1) is 65.7 Å². The number of benzene rings is 1. The largest absolute Gasteiger partial charge is 0.459 e. The zero-order valence-corrected chi connectivity index (χ0v) is 48.0. The molecule has 20 atom stereocenters. The van der Waals surface area contributed by atoms with E-state index in [4.69, 9.17) is 28.4 Å². The molecular formula is C55H91FN8O13. The maximum Gasteiger partial charge on any atom is 0.311 e. The van der Waals surface area contributed by atoms with E-state index in [0.717, 1.165) is 0 Å². The Morgan fingerprint density at radius 2 is 1.61 bits per heavy atom. The molecule has 0 radical (unpaired) electrons. The topological polar surface area (TPSA) is 262 Å². The van der Waals surface area contributed by atoms with E-state index in [1.807, 2.05) is 82.8 Å². The Balaban J connectivity index is 1.24. The summed E-state index contributed by atoms with van der Waals surface area (Å²) < 4.78 is 56.4. The van der Waals surface area contributed by atoms with E-state index >= 15 is 0 Å².